The SMILES string of the molecule is NC(CNc1cccc(F)c1[N+](=O)[O-])c1ccccc1. The summed E-state index contributed by atoms with van der Waals surface area (Å²) in [7, 11) is 0. The number of nitro benzene ring substituents is 1. The van der Waals surface area contributed by atoms with Gasteiger partial charge in [0.1, 0.15) is 5.69 Å². The quantitative estimate of drug-likeness (QED) is 0.649. The Balaban J connectivity index is 2.12. The van der Waals surface area contributed by atoms with Crippen molar-refractivity contribution >= 4 is 11.4 Å². The summed E-state index contributed by atoms with van der Waals surface area (Å²) in [5.74, 6) is -0.867. The third-order valence-corrected chi connectivity index (χ3v) is 2.91. The van der Waals surface area contributed by atoms with Gasteiger partial charge in [0.15, 0.2) is 0 Å². The molecule has 6 heteroatoms. The Labute approximate surface area is 115 Å². The monoisotopic (exact) mass is 275 g/mol. The molecular weight excluding hydrogens is 261 g/mol. The van der Waals surface area contributed by atoms with Gasteiger partial charge in [-0.05, 0) is 17.7 Å². The average molecular weight is 275 g/mol. The first-order valence-corrected chi connectivity index (χ1v) is 6.07. The Morgan fingerprint density at radius 1 is 1.20 bits per heavy atom. The predicted octanol–water partition coefficient (Wildman–Crippen LogP) is 2.85. The van der Waals surface area contributed by atoms with Crippen LogP contribution in [0.4, 0.5) is 15.8 Å². The average Bonchev–Trinajstić information content (AvgIpc) is 2.45. The van der Waals surface area contributed by atoms with E-state index in [0.29, 0.717) is 0 Å². The molecule has 0 radical (unpaired) electrons. The maximum absolute atomic E-state index is 13.4. The summed E-state index contributed by atoms with van der Waals surface area (Å²) in [6.07, 6.45) is 0. The van der Waals surface area contributed by atoms with Crippen molar-refractivity contribution in [1.29, 1.82) is 0 Å². The lowest BCUT2D eigenvalue weighted by Gasteiger charge is -2.14. The summed E-state index contributed by atoms with van der Waals surface area (Å²) in [5.41, 5.74) is 6.45. The molecule has 0 heterocycles. The topological polar surface area (TPSA) is 81.2 Å². The molecule has 0 aliphatic carbocycles. The van der Waals surface area contributed by atoms with Crippen LogP contribution in [0.25, 0.3) is 0 Å². The summed E-state index contributed by atoms with van der Waals surface area (Å²) < 4.78 is 13.4. The van der Waals surface area contributed by atoms with E-state index >= 15 is 0 Å². The van der Waals surface area contributed by atoms with Crippen molar-refractivity contribution < 1.29 is 9.31 Å². The van der Waals surface area contributed by atoms with Crippen molar-refractivity contribution in [2.24, 2.45) is 5.73 Å². The highest BCUT2D eigenvalue weighted by atomic mass is 19.1. The minimum Gasteiger partial charge on any atom is -0.377 e. The van der Waals surface area contributed by atoms with Crippen molar-refractivity contribution in [3.8, 4) is 0 Å². The minimum absolute atomic E-state index is 0.126. The standard InChI is InChI=1S/C14H14FN3O2/c15-11-7-4-8-13(14(11)18(19)20)17-9-12(16)10-5-2-1-3-6-10/h1-8,12,17H,9,16H2. The van der Waals surface area contributed by atoms with Gasteiger partial charge in [0.25, 0.3) is 0 Å². The van der Waals surface area contributed by atoms with Gasteiger partial charge < -0.3 is 11.1 Å². The van der Waals surface area contributed by atoms with Crippen LogP contribution < -0.4 is 11.1 Å². The Kier molecular flexibility index (Phi) is 4.27. The molecule has 0 aromatic heterocycles. The molecule has 20 heavy (non-hydrogen) atoms. The Morgan fingerprint density at radius 3 is 2.55 bits per heavy atom. The van der Waals surface area contributed by atoms with Crippen molar-refractivity contribution in [3.63, 3.8) is 0 Å². The molecule has 0 saturated carbocycles. The number of nitrogens with one attached hydrogen (secondary N) is 1. The van der Waals surface area contributed by atoms with Gasteiger partial charge in [0.2, 0.25) is 5.82 Å². The van der Waals surface area contributed by atoms with E-state index < -0.39 is 16.4 Å². The third-order valence-electron chi connectivity index (χ3n) is 2.91. The number of para-hydroxylation sites is 1. The van der Waals surface area contributed by atoms with Crippen molar-refractivity contribution in [3.05, 3.63) is 70.0 Å². The van der Waals surface area contributed by atoms with Gasteiger partial charge >= 0.3 is 5.69 Å². The van der Waals surface area contributed by atoms with Gasteiger partial charge in [-0.2, -0.15) is 4.39 Å². The molecule has 3 N–H and O–H groups in total. The van der Waals surface area contributed by atoms with Gasteiger partial charge in [-0.1, -0.05) is 36.4 Å². The van der Waals surface area contributed by atoms with Gasteiger partial charge in [0, 0.05) is 12.6 Å². The second-order valence-corrected chi connectivity index (χ2v) is 4.29. The Hall–Kier alpha value is -2.47. The fourth-order valence-electron chi connectivity index (χ4n) is 1.88. The highest BCUT2D eigenvalue weighted by Crippen LogP contribution is 2.27. The zero-order valence-electron chi connectivity index (χ0n) is 10.6. The van der Waals surface area contributed by atoms with E-state index in [1.54, 1.807) is 0 Å². The molecule has 0 aliphatic heterocycles. The van der Waals surface area contributed by atoms with Crippen LogP contribution in [0.1, 0.15) is 11.6 Å². The normalized spacial score (nSPS) is 11.9. The molecule has 5 nitrogen and oxygen atoms in total. The van der Waals surface area contributed by atoms with Crippen LogP contribution in [0.2, 0.25) is 0 Å². The van der Waals surface area contributed by atoms with E-state index in [9.17, 15) is 14.5 Å². The molecular formula is C14H14FN3O2. The zero-order valence-corrected chi connectivity index (χ0v) is 10.6. The van der Waals surface area contributed by atoms with E-state index in [1.807, 2.05) is 30.3 Å². The van der Waals surface area contributed by atoms with Gasteiger partial charge in [-0.3, -0.25) is 10.1 Å². The molecule has 1 unspecified atom stereocenters. The molecule has 2 rings (SSSR count). The number of hydrogen-bond acceptors (Lipinski definition) is 4. The number of nitrogens with zero attached hydrogens (tertiary/aromatic N) is 1. The number of rotatable bonds is 5. The summed E-state index contributed by atoms with van der Waals surface area (Å²) >= 11 is 0. The predicted molar refractivity (Wildman–Crippen MR) is 74.9 cm³/mol. The van der Waals surface area contributed by atoms with Crippen LogP contribution in [-0.2, 0) is 0 Å². The van der Waals surface area contributed by atoms with E-state index in [4.69, 9.17) is 5.73 Å². The zero-order chi connectivity index (χ0) is 14.5. The highest BCUT2D eigenvalue weighted by molar-refractivity contribution is 5.62. The van der Waals surface area contributed by atoms with Gasteiger partial charge in [-0.25, -0.2) is 0 Å². The lowest BCUT2D eigenvalue weighted by Crippen LogP contribution is -2.21. The van der Waals surface area contributed by atoms with E-state index in [0.717, 1.165) is 11.6 Å². The fourth-order valence-corrected chi connectivity index (χ4v) is 1.88. The third kappa shape index (κ3) is 3.10. The summed E-state index contributed by atoms with van der Waals surface area (Å²) in [6, 6.07) is 12.9. The Morgan fingerprint density at radius 2 is 1.90 bits per heavy atom. The number of halogens is 1. The van der Waals surface area contributed by atoms with Crippen molar-refractivity contribution in [1.82, 2.24) is 0 Å². The number of hydrogen-bond donors (Lipinski definition) is 2. The molecule has 104 valence electrons. The van der Waals surface area contributed by atoms with Crippen LogP contribution in [0.5, 0.6) is 0 Å². The first kappa shape index (κ1) is 14.0. The molecule has 1 atom stereocenters. The fraction of sp³-hybridized carbons (Fsp3) is 0.143. The lowest BCUT2D eigenvalue weighted by molar-refractivity contribution is -0.386. The summed E-state index contributed by atoms with van der Waals surface area (Å²) in [6.45, 7) is 0.272. The van der Waals surface area contributed by atoms with E-state index in [2.05, 4.69) is 5.32 Å². The first-order chi connectivity index (χ1) is 9.59. The second kappa shape index (κ2) is 6.12. The van der Waals surface area contributed by atoms with Crippen LogP contribution in [0.15, 0.2) is 48.5 Å². The smallest absolute Gasteiger partial charge is 0.327 e. The van der Waals surface area contributed by atoms with Crippen LogP contribution >= 0.6 is 0 Å². The number of benzene rings is 2. The van der Waals surface area contributed by atoms with Crippen LogP contribution in [0.3, 0.4) is 0 Å². The molecule has 0 bridgehead atoms. The molecule has 0 amide bonds. The highest BCUT2D eigenvalue weighted by Gasteiger charge is 2.20. The molecule has 0 fully saturated rings. The number of nitrogens with two attached hydrogens (primary N) is 1. The maximum Gasteiger partial charge on any atom is 0.327 e. The van der Waals surface area contributed by atoms with Crippen molar-refractivity contribution in [2.75, 3.05) is 11.9 Å². The largest absolute Gasteiger partial charge is 0.377 e. The van der Waals surface area contributed by atoms with E-state index in [-0.39, 0.29) is 18.3 Å². The van der Waals surface area contributed by atoms with E-state index in [1.165, 1.54) is 12.1 Å². The second-order valence-electron chi connectivity index (χ2n) is 4.29. The molecule has 2 aromatic carbocycles. The maximum atomic E-state index is 13.4. The minimum atomic E-state index is -0.867. The molecule has 0 spiro atoms. The first-order valence-electron chi connectivity index (χ1n) is 6.07. The lowest BCUT2D eigenvalue weighted by atomic mass is 10.1. The number of anilines is 1. The van der Waals surface area contributed by atoms with Gasteiger partial charge in [0.05, 0.1) is 4.92 Å². The van der Waals surface area contributed by atoms with Crippen LogP contribution in [-0.4, -0.2) is 11.5 Å². The Bertz CT molecular complexity index is 605. The summed E-state index contributed by atoms with van der Waals surface area (Å²) in [5, 5.41) is 13.7. The van der Waals surface area contributed by atoms with Gasteiger partial charge in [-0.15, -0.1) is 0 Å². The number of nitro groups is 1. The molecule has 0 aliphatic rings. The summed E-state index contributed by atoms with van der Waals surface area (Å²) in [4.78, 5) is 10.1. The molecule has 2 aromatic rings. The molecule has 0 saturated heterocycles. The van der Waals surface area contributed by atoms with Crippen molar-refractivity contribution in [2.45, 2.75) is 6.04 Å². The van der Waals surface area contributed by atoms with Crippen LogP contribution in [0, 0.1) is 15.9 Å².